The first-order chi connectivity index (χ1) is 11.4. The van der Waals surface area contributed by atoms with Crippen LogP contribution in [0.2, 0.25) is 0 Å². The zero-order chi connectivity index (χ0) is 17.1. The molecule has 3 heterocycles. The maximum Gasteiger partial charge on any atom is 0.417 e. The van der Waals surface area contributed by atoms with Gasteiger partial charge in [0.05, 0.1) is 17.0 Å². The molecule has 2 aliphatic rings. The second-order valence-electron chi connectivity index (χ2n) is 6.83. The van der Waals surface area contributed by atoms with Crippen molar-refractivity contribution < 1.29 is 17.9 Å². The highest BCUT2D eigenvalue weighted by atomic mass is 32.2. The number of oxazole rings is 1. The zero-order valence-corrected chi connectivity index (χ0v) is 14.2. The lowest BCUT2D eigenvalue weighted by atomic mass is 9.72. The van der Waals surface area contributed by atoms with Crippen LogP contribution >= 0.6 is 0 Å². The number of benzene rings is 1. The summed E-state index contributed by atoms with van der Waals surface area (Å²) >= 11 is 0. The topological polar surface area (TPSA) is 104 Å². The SMILES string of the molecule is CC[C@@]1(CO)C[C@@H]2CC[C@H]1N2S(=O)(=O)c1ccc2[nH]c(=O)oc2c1. The Hall–Kier alpha value is -1.64. The summed E-state index contributed by atoms with van der Waals surface area (Å²) in [5.41, 5.74) is 0.360. The highest BCUT2D eigenvalue weighted by Crippen LogP contribution is 2.53. The lowest BCUT2D eigenvalue weighted by Crippen LogP contribution is -2.42. The van der Waals surface area contributed by atoms with Crippen LogP contribution in [-0.2, 0) is 10.0 Å². The van der Waals surface area contributed by atoms with Crippen molar-refractivity contribution in [2.24, 2.45) is 5.41 Å². The fourth-order valence-electron chi connectivity index (χ4n) is 4.47. The number of nitrogens with zero attached hydrogens (tertiary/aromatic N) is 1. The van der Waals surface area contributed by atoms with Crippen LogP contribution in [0.15, 0.2) is 32.3 Å². The van der Waals surface area contributed by atoms with Crippen molar-refractivity contribution >= 4 is 21.1 Å². The molecule has 0 radical (unpaired) electrons. The van der Waals surface area contributed by atoms with Crippen LogP contribution in [0.5, 0.6) is 0 Å². The molecular formula is C16H20N2O5S. The second-order valence-corrected chi connectivity index (χ2v) is 8.68. The van der Waals surface area contributed by atoms with Gasteiger partial charge in [-0.1, -0.05) is 6.92 Å². The summed E-state index contributed by atoms with van der Waals surface area (Å²) in [4.78, 5) is 13.9. The number of aromatic amines is 1. The van der Waals surface area contributed by atoms with E-state index in [4.69, 9.17) is 4.42 Å². The molecule has 0 saturated carbocycles. The standard InChI is InChI=1S/C16H20N2O5S/c1-2-16(9-19)8-10-3-6-14(16)18(10)24(21,22)11-4-5-12-13(7-11)23-15(20)17-12/h4-5,7,10,14,19H,2-3,6,8-9H2,1H3,(H,17,20)/t10-,14+,16-/m0/s1. The quantitative estimate of drug-likeness (QED) is 0.866. The first-order valence-corrected chi connectivity index (χ1v) is 9.62. The highest BCUT2D eigenvalue weighted by molar-refractivity contribution is 7.89. The van der Waals surface area contributed by atoms with E-state index >= 15 is 0 Å². The van der Waals surface area contributed by atoms with E-state index in [-0.39, 0.29) is 34.6 Å². The minimum atomic E-state index is -3.70. The van der Waals surface area contributed by atoms with Gasteiger partial charge in [0.1, 0.15) is 0 Å². The predicted molar refractivity (Wildman–Crippen MR) is 87.1 cm³/mol. The summed E-state index contributed by atoms with van der Waals surface area (Å²) < 4.78 is 32.9. The van der Waals surface area contributed by atoms with E-state index in [0.29, 0.717) is 11.9 Å². The maximum atomic E-state index is 13.2. The molecule has 0 spiro atoms. The number of rotatable bonds is 4. The molecule has 2 saturated heterocycles. The minimum absolute atomic E-state index is 0.00239. The molecule has 1 aromatic heterocycles. The predicted octanol–water partition coefficient (Wildman–Crippen LogP) is 1.44. The van der Waals surface area contributed by atoms with E-state index in [9.17, 15) is 18.3 Å². The third-order valence-electron chi connectivity index (χ3n) is 5.78. The molecule has 3 atom stereocenters. The van der Waals surface area contributed by atoms with Crippen molar-refractivity contribution in [3.05, 3.63) is 28.7 Å². The van der Waals surface area contributed by atoms with Gasteiger partial charge in [0.25, 0.3) is 0 Å². The Morgan fingerprint density at radius 1 is 1.42 bits per heavy atom. The highest BCUT2D eigenvalue weighted by Gasteiger charge is 2.58. The van der Waals surface area contributed by atoms with E-state index in [1.54, 1.807) is 10.4 Å². The molecular weight excluding hydrogens is 332 g/mol. The molecule has 2 N–H and O–H groups in total. The van der Waals surface area contributed by atoms with Gasteiger partial charge in [0.15, 0.2) is 5.58 Å². The Bertz CT molecular complexity index is 941. The summed E-state index contributed by atoms with van der Waals surface area (Å²) in [7, 11) is -3.70. The number of hydrogen-bond acceptors (Lipinski definition) is 5. The van der Waals surface area contributed by atoms with Crippen molar-refractivity contribution in [2.75, 3.05) is 6.61 Å². The van der Waals surface area contributed by atoms with Gasteiger partial charge in [-0.05, 0) is 37.8 Å². The molecule has 8 heteroatoms. The molecule has 2 aromatic rings. The van der Waals surface area contributed by atoms with E-state index < -0.39 is 15.8 Å². The van der Waals surface area contributed by atoms with Gasteiger partial charge in [-0.3, -0.25) is 4.98 Å². The third kappa shape index (κ3) is 2.03. The fraction of sp³-hybridized carbons (Fsp3) is 0.562. The van der Waals surface area contributed by atoms with Crippen molar-refractivity contribution in [1.29, 1.82) is 0 Å². The average molecular weight is 352 g/mol. The van der Waals surface area contributed by atoms with Gasteiger partial charge >= 0.3 is 5.76 Å². The first kappa shape index (κ1) is 15.9. The zero-order valence-electron chi connectivity index (χ0n) is 13.4. The summed E-state index contributed by atoms with van der Waals surface area (Å²) in [6.07, 6.45) is 3.06. The van der Waals surface area contributed by atoms with E-state index in [1.165, 1.54) is 12.1 Å². The number of nitrogens with one attached hydrogen (secondary N) is 1. The van der Waals surface area contributed by atoms with Crippen LogP contribution in [0.25, 0.3) is 11.1 Å². The number of hydrogen-bond donors (Lipinski definition) is 2. The minimum Gasteiger partial charge on any atom is -0.408 e. The fourth-order valence-corrected chi connectivity index (χ4v) is 6.44. The third-order valence-corrected chi connectivity index (χ3v) is 7.73. The molecule has 4 rings (SSSR count). The van der Waals surface area contributed by atoms with Crippen LogP contribution in [0.4, 0.5) is 0 Å². The Morgan fingerprint density at radius 3 is 2.88 bits per heavy atom. The number of aliphatic hydroxyl groups is 1. The molecule has 7 nitrogen and oxygen atoms in total. The van der Waals surface area contributed by atoms with E-state index in [2.05, 4.69) is 4.98 Å². The van der Waals surface area contributed by atoms with Crippen LogP contribution in [0.3, 0.4) is 0 Å². The number of H-pyrrole nitrogens is 1. The van der Waals surface area contributed by atoms with Gasteiger partial charge < -0.3 is 9.52 Å². The van der Waals surface area contributed by atoms with E-state index in [1.807, 2.05) is 6.92 Å². The summed E-state index contributed by atoms with van der Waals surface area (Å²) in [5.74, 6) is -0.605. The van der Waals surface area contributed by atoms with Gasteiger partial charge in [-0.15, -0.1) is 0 Å². The Labute approximate surface area is 139 Å². The molecule has 2 fully saturated rings. The molecule has 0 unspecified atom stereocenters. The Balaban J connectivity index is 1.78. The van der Waals surface area contributed by atoms with Gasteiger partial charge in [-0.2, -0.15) is 4.31 Å². The number of fused-ring (bicyclic) bond motifs is 3. The van der Waals surface area contributed by atoms with Gasteiger partial charge in [-0.25, -0.2) is 13.2 Å². The van der Waals surface area contributed by atoms with Gasteiger partial charge in [0, 0.05) is 23.6 Å². The smallest absolute Gasteiger partial charge is 0.408 e. The molecule has 1 aromatic carbocycles. The van der Waals surface area contributed by atoms with Crippen molar-refractivity contribution in [3.8, 4) is 0 Å². The Morgan fingerprint density at radius 2 is 2.21 bits per heavy atom. The first-order valence-electron chi connectivity index (χ1n) is 8.18. The second kappa shape index (κ2) is 5.18. The van der Waals surface area contributed by atoms with Crippen LogP contribution in [-0.4, -0.2) is 41.5 Å². The molecule has 0 aliphatic carbocycles. The Kier molecular flexibility index (Phi) is 3.42. The van der Waals surface area contributed by atoms with Crippen LogP contribution < -0.4 is 5.76 Å². The van der Waals surface area contributed by atoms with Crippen LogP contribution in [0, 0.1) is 5.41 Å². The lowest BCUT2D eigenvalue weighted by Gasteiger charge is -2.34. The van der Waals surface area contributed by atoms with Crippen molar-refractivity contribution in [1.82, 2.24) is 9.29 Å². The summed E-state index contributed by atoms with van der Waals surface area (Å²) in [6, 6.07) is 4.20. The lowest BCUT2D eigenvalue weighted by molar-refractivity contribution is 0.0849. The van der Waals surface area contributed by atoms with Gasteiger partial charge in [0.2, 0.25) is 10.0 Å². The van der Waals surface area contributed by atoms with Crippen molar-refractivity contribution in [2.45, 2.75) is 49.6 Å². The summed E-state index contributed by atoms with van der Waals surface area (Å²) in [6.45, 7) is 2.00. The monoisotopic (exact) mass is 352 g/mol. The normalized spacial score (nSPS) is 30.4. The number of aromatic nitrogens is 1. The largest absolute Gasteiger partial charge is 0.417 e. The number of sulfonamides is 1. The molecule has 2 bridgehead atoms. The molecule has 24 heavy (non-hydrogen) atoms. The molecule has 130 valence electrons. The van der Waals surface area contributed by atoms with Crippen molar-refractivity contribution in [3.63, 3.8) is 0 Å². The maximum absolute atomic E-state index is 13.2. The van der Waals surface area contributed by atoms with E-state index in [0.717, 1.165) is 19.3 Å². The average Bonchev–Trinajstić information content (AvgIpc) is 3.23. The number of aliphatic hydroxyl groups excluding tert-OH is 1. The molecule has 0 amide bonds. The van der Waals surface area contributed by atoms with Crippen LogP contribution in [0.1, 0.15) is 32.6 Å². The summed E-state index contributed by atoms with van der Waals surface area (Å²) in [5, 5.41) is 9.86. The molecule has 2 aliphatic heterocycles.